The highest BCUT2D eigenvalue weighted by atomic mass is 35.5. The molecular formula is C21H19ClN4O2. The van der Waals surface area contributed by atoms with Gasteiger partial charge in [0, 0.05) is 27.7 Å². The molecule has 0 spiro atoms. The molecule has 1 heterocycles. The van der Waals surface area contributed by atoms with Gasteiger partial charge in [-0.05, 0) is 43.3 Å². The van der Waals surface area contributed by atoms with E-state index in [1.807, 2.05) is 37.3 Å². The van der Waals surface area contributed by atoms with E-state index in [9.17, 15) is 9.59 Å². The second-order valence-corrected chi connectivity index (χ2v) is 6.42. The SMILES string of the molecule is C/C=C\C(=N/N(C=O)CC(=O)Nc1cccc2[nH]ccc12)c1ccc(Cl)cc1. The summed E-state index contributed by atoms with van der Waals surface area (Å²) < 4.78 is 0. The fraction of sp³-hybridized carbons (Fsp3) is 0.0952. The Kier molecular flexibility index (Phi) is 6.24. The smallest absolute Gasteiger partial charge is 0.246 e. The van der Waals surface area contributed by atoms with Gasteiger partial charge in [-0.25, -0.2) is 5.01 Å². The average molecular weight is 395 g/mol. The molecule has 0 aliphatic rings. The number of carbonyl (C=O) groups is 2. The number of rotatable bonds is 7. The van der Waals surface area contributed by atoms with E-state index < -0.39 is 0 Å². The van der Waals surface area contributed by atoms with Crippen LogP contribution >= 0.6 is 11.6 Å². The number of hydrazone groups is 1. The van der Waals surface area contributed by atoms with Crippen molar-refractivity contribution >= 4 is 46.2 Å². The van der Waals surface area contributed by atoms with Crippen LogP contribution in [0.5, 0.6) is 0 Å². The highest BCUT2D eigenvalue weighted by Crippen LogP contribution is 2.22. The minimum atomic E-state index is -0.347. The summed E-state index contributed by atoms with van der Waals surface area (Å²) in [6, 6.07) is 14.5. The van der Waals surface area contributed by atoms with Crippen molar-refractivity contribution in [3.63, 3.8) is 0 Å². The number of H-pyrrole nitrogens is 1. The van der Waals surface area contributed by atoms with Crippen LogP contribution in [0.15, 0.2) is 72.0 Å². The van der Waals surface area contributed by atoms with Crippen LogP contribution < -0.4 is 5.32 Å². The van der Waals surface area contributed by atoms with Crippen molar-refractivity contribution in [3.05, 3.63) is 77.5 Å². The number of nitrogens with one attached hydrogen (secondary N) is 2. The predicted molar refractivity (Wildman–Crippen MR) is 113 cm³/mol. The molecule has 0 aliphatic heterocycles. The summed E-state index contributed by atoms with van der Waals surface area (Å²) >= 11 is 5.93. The van der Waals surface area contributed by atoms with Crippen molar-refractivity contribution in [1.82, 2.24) is 9.99 Å². The standard InChI is InChI=1S/C21H19ClN4O2/c1-2-4-18(15-7-9-16(22)10-8-15)25-26(14-27)13-21(28)24-20-6-3-5-19-17(20)11-12-23-19/h2-12,14,23H,13H2,1H3,(H,24,28)/b4-2-,25-18+. The maximum absolute atomic E-state index is 12.4. The first-order valence-electron chi connectivity index (χ1n) is 8.66. The first-order valence-corrected chi connectivity index (χ1v) is 9.03. The summed E-state index contributed by atoms with van der Waals surface area (Å²) in [4.78, 5) is 27.0. The van der Waals surface area contributed by atoms with Gasteiger partial charge in [0.2, 0.25) is 12.3 Å². The molecule has 1 aromatic heterocycles. The van der Waals surface area contributed by atoms with Gasteiger partial charge in [-0.2, -0.15) is 5.10 Å². The molecule has 3 rings (SSSR count). The monoisotopic (exact) mass is 394 g/mol. The lowest BCUT2D eigenvalue weighted by Gasteiger charge is -2.14. The normalized spacial score (nSPS) is 11.7. The summed E-state index contributed by atoms with van der Waals surface area (Å²) in [6.07, 6.45) is 5.90. The van der Waals surface area contributed by atoms with E-state index in [-0.39, 0.29) is 12.5 Å². The molecule has 0 radical (unpaired) electrons. The third kappa shape index (κ3) is 4.66. The number of halogens is 1. The second-order valence-electron chi connectivity index (χ2n) is 5.99. The van der Waals surface area contributed by atoms with E-state index in [2.05, 4.69) is 15.4 Å². The van der Waals surface area contributed by atoms with Gasteiger partial charge in [-0.3, -0.25) is 9.59 Å². The Morgan fingerprint density at radius 2 is 2.00 bits per heavy atom. The number of allylic oxidation sites excluding steroid dienone is 2. The average Bonchev–Trinajstić information content (AvgIpc) is 3.17. The highest BCUT2D eigenvalue weighted by molar-refractivity contribution is 6.30. The van der Waals surface area contributed by atoms with Crippen molar-refractivity contribution < 1.29 is 9.59 Å². The van der Waals surface area contributed by atoms with Gasteiger partial charge in [0.15, 0.2) is 0 Å². The van der Waals surface area contributed by atoms with Crippen molar-refractivity contribution in [1.29, 1.82) is 0 Å². The van der Waals surface area contributed by atoms with E-state index in [1.165, 1.54) is 0 Å². The molecule has 142 valence electrons. The number of benzene rings is 2. The molecule has 6 nitrogen and oxygen atoms in total. The van der Waals surface area contributed by atoms with Gasteiger partial charge in [0.1, 0.15) is 6.54 Å². The number of nitrogens with zero attached hydrogens (tertiary/aromatic N) is 2. The van der Waals surface area contributed by atoms with Crippen LogP contribution in [0.25, 0.3) is 10.9 Å². The van der Waals surface area contributed by atoms with Gasteiger partial charge < -0.3 is 10.3 Å². The number of fused-ring (bicyclic) bond motifs is 1. The van der Waals surface area contributed by atoms with Crippen molar-refractivity contribution in [3.8, 4) is 0 Å². The van der Waals surface area contributed by atoms with Gasteiger partial charge in [0.25, 0.3) is 0 Å². The molecule has 2 N–H and O–H groups in total. The van der Waals surface area contributed by atoms with Crippen LogP contribution in [0.3, 0.4) is 0 Å². The van der Waals surface area contributed by atoms with E-state index in [1.54, 1.807) is 36.5 Å². The zero-order valence-corrected chi connectivity index (χ0v) is 16.0. The van der Waals surface area contributed by atoms with Crippen LogP contribution in [0.1, 0.15) is 12.5 Å². The van der Waals surface area contributed by atoms with Crippen molar-refractivity contribution in [2.75, 3.05) is 11.9 Å². The number of amides is 2. The molecule has 0 bridgehead atoms. The van der Waals surface area contributed by atoms with Gasteiger partial charge in [-0.15, -0.1) is 0 Å². The lowest BCUT2D eigenvalue weighted by atomic mass is 10.1. The molecule has 0 atom stereocenters. The van der Waals surface area contributed by atoms with Crippen LogP contribution in [-0.2, 0) is 9.59 Å². The Morgan fingerprint density at radius 3 is 2.71 bits per heavy atom. The zero-order chi connectivity index (χ0) is 19.9. The van der Waals surface area contributed by atoms with Gasteiger partial charge >= 0.3 is 0 Å². The fourth-order valence-electron chi connectivity index (χ4n) is 2.73. The predicted octanol–water partition coefficient (Wildman–Crippen LogP) is 4.20. The Bertz CT molecular complexity index is 1040. The summed E-state index contributed by atoms with van der Waals surface area (Å²) in [7, 11) is 0. The summed E-state index contributed by atoms with van der Waals surface area (Å²) in [6.45, 7) is 1.64. The topological polar surface area (TPSA) is 77.6 Å². The number of aromatic amines is 1. The maximum Gasteiger partial charge on any atom is 0.246 e. The van der Waals surface area contributed by atoms with Crippen LogP contribution in [0.4, 0.5) is 5.69 Å². The lowest BCUT2D eigenvalue weighted by Crippen LogP contribution is -2.29. The number of carbonyl (C=O) groups excluding carboxylic acids is 2. The summed E-state index contributed by atoms with van der Waals surface area (Å²) in [5.74, 6) is -0.347. The number of aromatic nitrogens is 1. The fourth-order valence-corrected chi connectivity index (χ4v) is 2.86. The zero-order valence-electron chi connectivity index (χ0n) is 15.2. The highest BCUT2D eigenvalue weighted by Gasteiger charge is 2.12. The van der Waals surface area contributed by atoms with E-state index in [0.717, 1.165) is 21.5 Å². The van der Waals surface area contributed by atoms with E-state index >= 15 is 0 Å². The van der Waals surface area contributed by atoms with Crippen molar-refractivity contribution in [2.45, 2.75) is 6.92 Å². The summed E-state index contributed by atoms with van der Waals surface area (Å²) in [5.41, 5.74) is 2.92. The molecule has 0 saturated heterocycles. The quantitative estimate of drug-likeness (QED) is 0.358. The first kappa shape index (κ1) is 19.4. The van der Waals surface area contributed by atoms with Crippen molar-refractivity contribution in [2.24, 2.45) is 5.10 Å². The Labute approximate surface area is 167 Å². The van der Waals surface area contributed by atoms with Crippen LogP contribution in [-0.4, -0.2) is 34.6 Å². The van der Waals surface area contributed by atoms with E-state index in [4.69, 9.17) is 11.6 Å². The molecular weight excluding hydrogens is 376 g/mol. The number of hydrogen-bond donors (Lipinski definition) is 2. The Balaban J connectivity index is 1.77. The molecule has 0 saturated carbocycles. The molecule has 0 aliphatic carbocycles. The Morgan fingerprint density at radius 1 is 1.21 bits per heavy atom. The molecule has 0 fully saturated rings. The number of hydrogen-bond acceptors (Lipinski definition) is 3. The minimum Gasteiger partial charge on any atom is -0.361 e. The largest absolute Gasteiger partial charge is 0.361 e. The molecule has 7 heteroatoms. The second kappa shape index (κ2) is 9.01. The Hall–Kier alpha value is -3.38. The molecule has 28 heavy (non-hydrogen) atoms. The van der Waals surface area contributed by atoms with Crippen LogP contribution in [0, 0.1) is 0 Å². The first-order chi connectivity index (χ1) is 13.6. The third-order valence-corrected chi connectivity index (χ3v) is 4.25. The molecule has 0 unspecified atom stereocenters. The lowest BCUT2D eigenvalue weighted by molar-refractivity contribution is -0.125. The minimum absolute atomic E-state index is 0.209. The van der Waals surface area contributed by atoms with E-state index in [0.29, 0.717) is 22.8 Å². The van der Waals surface area contributed by atoms with Crippen LogP contribution in [0.2, 0.25) is 5.02 Å². The van der Waals surface area contributed by atoms with Gasteiger partial charge in [-0.1, -0.05) is 35.9 Å². The maximum atomic E-state index is 12.4. The third-order valence-electron chi connectivity index (χ3n) is 4.00. The molecule has 2 amide bonds. The number of anilines is 1. The molecule has 2 aromatic carbocycles. The molecule has 3 aromatic rings. The summed E-state index contributed by atoms with van der Waals surface area (Å²) in [5, 5.41) is 9.70. The van der Waals surface area contributed by atoms with Gasteiger partial charge in [0.05, 0.1) is 11.4 Å².